The normalized spacial score (nSPS) is 23.2. The molecular formula is C18H36N4O. The number of piperidine rings is 1. The highest BCUT2D eigenvalue weighted by molar-refractivity contribution is 5.79. The van der Waals surface area contributed by atoms with Crippen LogP contribution in [0.1, 0.15) is 58.3 Å². The van der Waals surface area contributed by atoms with E-state index in [2.05, 4.69) is 27.4 Å². The van der Waals surface area contributed by atoms with Crippen molar-refractivity contribution < 1.29 is 4.74 Å². The highest BCUT2D eigenvalue weighted by Crippen LogP contribution is 2.12. The van der Waals surface area contributed by atoms with Gasteiger partial charge in [-0.15, -0.1) is 0 Å². The maximum absolute atomic E-state index is 5.63. The molecule has 0 amide bonds. The zero-order valence-electron chi connectivity index (χ0n) is 15.0. The molecule has 0 radical (unpaired) electrons. The summed E-state index contributed by atoms with van der Waals surface area (Å²) in [4.78, 5) is 7.28. The van der Waals surface area contributed by atoms with E-state index in [-0.39, 0.29) is 0 Å². The minimum Gasteiger partial charge on any atom is -0.376 e. The van der Waals surface area contributed by atoms with Gasteiger partial charge in [0.25, 0.3) is 0 Å². The van der Waals surface area contributed by atoms with Crippen molar-refractivity contribution in [1.29, 1.82) is 0 Å². The van der Waals surface area contributed by atoms with Crippen LogP contribution >= 0.6 is 0 Å². The van der Waals surface area contributed by atoms with Crippen LogP contribution in [0, 0.1) is 0 Å². The van der Waals surface area contributed by atoms with Crippen molar-refractivity contribution in [3.05, 3.63) is 0 Å². The van der Waals surface area contributed by atoms with Gasteiger partial charge in [-0.1, -0.05) is 12.8 Å². The van der Waals surface area contributed by atoms with Crippen LogP contribution in [-0.4, -0.2) is 62.8 Å². The minimum absolute atomic E-state index is 0.329. The summed E-state index contributed by atoms with van der Waals surface area (Å²) < 4.78 is 5.63. The maximum Gasteiger partial charge on any atom is 0.191 e. The first-order valence-electron chi connectivity index (χ1n) is 9.74. The molecule has 5 heteroatoms. The summed E-state index contributed by atoms with van der Waals surface area (Å²) >= 11 is 0. The molecule has 23 heavy (non-hydrogen) atoms. The molecule has 1 atom stereocenters. The van der Waals surface area contributed by atoms with Gasteiger partial charge in [-0.25, -0.2) is 0 Å². The molecule has 0 aromatic heterocycles. The van der Waals surface area contributed by atoms with Crippen molar-refractivity contribution in [2.45, 2.75) is 64.4 Å². The fourth-order valence-corrected chi connectivity index (χ4v) is 3.35. The average Bonchev–Trinajstić information content (AvgIpc) is 3.10. The first-order chi connectivity index (χ1) is 11.4. The van der Waals surface area contributed by atoms with Crippen molar-refractivity contribution in [3.63, 3.8) is 0 Å². The number of nitrogens with one attached hydrogen (secondary N) is 2. The molecule has 2 aliphatic rings. The van der Waals surface area contributed by atoms with E-state index in [1.165, 1.54) is 64.6 Å². The third-order valence-corrected chi connectivity index (χ3v) is 4.71. The Labute approximate surface area is 142 Å². The van der Waals surface area contributed by atoms with Crippen LogP contribution in [-0.2, 0) is 4.74 Å². The summed E-state index contributed by atoms with van der Waals surface area (Å²) in [5.74, 6) is 0.944. The smallest absolute Gasteiger partial charge is 0.191 e. The standard InChI is InChI=1S/C18H36N4O/c1-2-19-18(21-16-17-10-9-15-23-17)20-11-5-3-6-12-22-13-7-4-8-14-22/h17H,2-16H2,1H3,(H2,19,20,21). The number of hydrogen-bond acceptors (Lipinski definition) is 3. The molecule has 0 aliphatic carbocycles. The molecule has 2 heterocycles. The molecule has 0 saturated carbocycles. The Morgan fingerprint density at radius 1 is 1.09 bits per heavy atom. The Kier molecular flexibility index (Phi) is 9.41. The predicted molar refractivity (Wildman–Crippen MR) is 97.1 cm³/mol. The molecule has 0 aromatic rings. The van der Waals surface area contributed by atoms with Gasteiger partial charge in [0.05, 0.1) is 12.6 Å². The lowest BCUT2D eigenvalue weighted by atomic mass is 10.1. The number of rotatable bonds is 9. The first-order valence-corrected chi connectivity index (χ1v) is 9.74. The van der Waals surface area contributed by atoms with Gasteiger partial charge in [0.1, 0.15) is 0 Å². The topological polar surface area (TPSA) is 48.9 Å². The Hall–Kier alpha value is -0.810. The number of ether oxygens (including phenoxy) is 1. The second-order valence-corrected chi connectivity index (χ2v) is 6.74. The number of hydrogen-bond donors (Lipinski definition) is 2. The molecule has 1 unspecified atom stereocenters. The zero-order chi connectivity index (χ0) is 16.2. The maximum atomic E-state index is 5.63. The van der Waals surface area contributed by atoms with Crippen LogP contribution < -0.4 is 10.6 Å². The SMILES string of the molecule is CCNC(=NCC1CCCO1)NCCCCCN1CCCCC1. The lowest BCUT2D eigenvalue weighted by molar-refractivity contribution is 0.117. The third-order valence-electron chi connectivity index (χ3n) is 4.71. The molecule has 0 spiro atoms. The summed E-state index contributed by atoms with van der Waals surface area (Å²) in [6.45, 7) is 9.64. The van der Waals surface area contributed by atoms with Gasteiger partial charge in [-0.2, -0.15) is 0 Å². The van der Waals surface area contributed by atoms with E-state index < -0.39 is 0 Å². The van der Waals surface area contributed by atoms with Crippen molar-refractivity contribution in [2.24, 2.45) is 4.99 Å². The van der Waals surface area contributed by atoms with Gasteiger partial charge in [0.15, 0.2) is 5.96 Å². The van der Waals surface area contributed by atoms with Crippen LogP contribution in [0.2, 0.25) is 0 Å². The summed E-state index contributed by atoms with van der Waals surface area (Å²) in [7, 11) is 0. The zero-order valence-corrected chi connectivity index (χ0v) is 15.0. The number of nitrogens with zero attached hydrogens (tertiary/aromatic N) is 2. The number of aliphatic imine (C=N–C) groups is 1. The number of unbranched alkanes of at least 4 members (excludes halogenated alkanes) is 2. The second kappa shape index (κ2) is 11.7. The van der Waals surface area contributed by atoms with Gasteiger partial charge >= 0.3 is 0 Å². The fourth-order valence-electron chi connectivity index (χ4n) is 3.35. The lowest BCUT2D eigenvalue weighted by Gasteiger charge is -2.26. The van der Waals surface area contributed by atoms with Crippen LogP contribution in [0.15, 0.2) is 4.99 Å². The van der Waals surface area contributed by atoms with E-state index in [1.54, 1.807) is 0 Å². The van der Waals surface area contributed by atoms with Gasteiger partial charge in [-0.3, -0.25) is 4.99 Å². The largest absolute Gasteiger partial charge is 0.376 e. The van der Waals surface area contributed by atoms with Crippen LogP contribution in [0.4, 0.5) is 0 Å². The Morgan fingerprint density at radius 2 is 1.96 bits per heavy atom. The molecule has 5 nitrogen and oxygen atoms in total. The van der Waals surface area contributed by atoms with Crippen LogP contribution in [0.25, 0.3) is 0 Å². The molecule has 2 N–H and O–H groups in total. The van der Waals surface area contributed by atoms with Crippen LogP contribution in [0.3, 0.4) is 0 Å². The molecule has 2 rings (SSSR count). The Morgan fingerprint density at radius 3 is 2.70 bits per heavy atom. The molecule has 2 fully saturated rings. The number of guanidine groups is 1. The predicted octanol–water partition coefficient (Wildman–Crippen LogP) is 2.38. The molecular weight excluding hydrogens is 288 g/mol. The first kappa shape index (κ1) is 18.5. The van der Waals surface area contributed by atoms with Gasteiger partial charge < -0.3 is 20.3 Å². The summed E-state index contributed by atoms with van der Waals surface area (Å²) in [6, 6.07) is 0. The van der Waals surface area contributed by atoms with Crippen LogP contribution in [0.5, 0.6) is 0 Å². The highest BCUT2D eigenvalue weighted by atomic mass is 16.5. The van der Waals surface area contributed by atoms with Gasteiger partial charge in [0, 0.05) is 19.7 Å². The van der Waals surface area contributed by atoms with E-state index in [1.807, 2.05) is 0 Å². The Balaban J connectivity index is 1.51. The van der Waals surface area contributed by atoms with E-state index in [0.29, 0.717) is 6.10 Å². The van der Waals surface area contributed by atoms with E-state index >= 15 is 0 Å². The third kappa shape index (κ3) is 8.02. The monoisotopic (exact) mass is 324 g/mol. The summed E-state index contributed by atoms with van der Waals surface area (Å²) in [5, 5.41) is 6.78. The van der Waals surface area contributed by atoms with Crippen molar-refractivity contribution >= 4 is 5.96 Å². The Bertz CT molecular complexity index is 323. The van der Waals surface area contributed by atoms with Gasteiger partial charge in [0.2, 0.25) is 0 Å². The van der Waals surface area contributed by atoms with E-state index in [9.17, 15) is 0 Å². The summed E-state index contributed by atoms with van der Waals surface area (Å²) in [6.07, 6.45) is 10.7. The van der Waals surface area contributed by atoms with E-state index in [0.717, 1.165) is 38.6 Å². The van der Waals surface area contributed by atoms with Crippen molar-refractivity contribution in [3.8, 4) is 0 Å². The average molecular weight is 325 g/mol. The molecule has 2 saturated heterocycles. The number of likely N-dealkylation sites (tertiary alicyclic amines) is 1. The molecule has 2 aliphatic heterocycles. The lowest BCUT2D eigenvalue weighted by Crippen LogP contribution is -2.38. The fraction of sp³-hybridized carbons (Fsp3) is 0.944. The molecule has 0 aromatic carbocycles. The van der Waals surface area contributed by atoms with Crippen molar-refractivity contribution in [1.82, 2.24) is 15.5 Å². The second-order valence-electron chi connectivity index (χ2n) is 6.74. The minimum atomic E-state index is 0.329. The highest BCUT2D eigenvalue weighted by Gasteiger charge is 2.14. The molecule has 0 bridgehead atoms. The summed E-state index contributed by atoms with van der Waals surface area (Å²) in [5.41, 5.74) is 0. The quantitative estimate of drug-likeness (QED) is 0.388. The molecule has 134 valence electrons. The van der Waals surface area contributed by atoms with Crippen molar-refractivity contribution in [2.75, 3.05) is 45.9 Å². The van der Waals surface area contributed by atoms with Gasteiger partial charge in [-0.05, 0) is 65.1 Å². The van der Waals surface area contributed by atoms with E-state index in [4.69, 9.17) is 4.74 Å².